The summed E-state index contributed by atoms with van der Waals surface area (Å²) in [5.74, 6) is 4.39. The maximum atomic E-state index is 11.9. The number of nitrogens with zero attached hydrogens (tertiary/aromatic N) is 1. The van der Waals surface area contributed by atoms with Gasteiger partial charge in [-0.2, -0.15) is 0 Å². The van der Waals surface area contributed by atoms with Crippen LogP contribution >= 0.6 is 11.6 Å². The van der Waals surface area contributed by atoms with Crippen molar-refractivity contribution >= 4 is 34.8 Å². The molecule has 0 aliphatic rings. The average molecular weight is 316 g/mol. The summed E-state index contributed by atoms with van der Waals surface area (Å²) in [5.41, 5.74) is 1.67. The number of nitrogens with two attached hydrogens (primary N) is 1. The van der Waals surface area contributed by atoms with Crippen LogP contribution in [-0.4, -0.2) is 29.8 Å². The molecule has 114 valence electrons. The summed E-state index contributed by atoms with van der Waals surface area (Å²) in [6.45, 7) is 1.78. The van der Waals surface area contributed by atoms with Crippen LogP contribution in [0.15, 0.2) is 12.1 Å². The molecule has 0 saturated carbocycles. The van der Waals surface area contributed by atoms with E-state index in [4.69, 9.17) is 17.4 Å². The highest BCUT2D eigenvalue weighted by Gasteiger charge is 2.20. The summed E-state index contributed by atoms with van der Waals surface area (Å²) in [4.78, 5) is 32.7. The molecule has 5 N–H and O–H groups in total. The SMILES string of the molecule is CC(=O)NCCNC(=O)c1cc(Cl)c(NN)c([N+](=O)[O-])c1. The molecule has 0 atom stereocenters. The van der Waals surface area contributed by atoms with Crippen molar-refractivity contribution < 1.29 is 14.5 Å². The predicted molar refractivity (Wildman–Crippen MR) is 76.9 cm³/mol. The number of hydrogen-bond donors (Lipinski definition) is 4. The molecule has 10 heteroatoms. The van der Waals surface area contributed by atoms with Crippen molar-refractivity contribution in [3.05, 3.63) is 32.8 Å². The van der Waals surface area contributed by atoms with Crippen molar-refractivity contribution in [1.82, 2.24) is 10.6 Å². The number of benzene rings is 1. The molecule has 0 saturated heterocycles. The minimum absolute atomic E-state index is 0.0218. The molecular weight excluding hydrogens is 302 g/mol. The van der Waals surface area contributed by atoms with E-state index in [-0.39, 0.29) is 35.3 Å². The van der Waals surface area contributed by atoms with E-state index in [0.29, 0.717) is 0 Å². The first-order chi connectivity index (χ1) is 9.86. The number of nitro benzene ring substituents is 1. The Kier molecular flexibility index (Phi) is 5.88. The lowest BCUT2D eigenvalue weighted by Crippen LogP contribution is -2.33. The molecular formula is C11H14ClN5O4. The van der Waals surface area contributed by atoms with E-state index in [1.165, 1.54) is 13.0 Å². The van der Waals surface area contributed by atoms with E-state index < -0.39 is 16.5 Å². The van der Waals surface area contributed by atoms with Gasteiger partial charge in [0.1, 0.15) is 5.69 Å². The van der Waals surface area contributed by atoms with E-state index >= 15 is 0 Å². The molecule has 1 aromatic carbocycles. The van der Waals surface area contributed by atoms with Gasteiger partial charge in [0.05, 0.1) is 9.95 Å². The molecule has 0 bridgehead atoms. The number of nitrogens with one attached hydrogen (secondary N) is 3. The Labute approximate surface area is 124 Å². The van der Waals surface area contributed by atoms with E-state index in [1.807, 2.05) is 0 Å². The van der Waals surface area contributed by atoms with Crippen molar-refractivity contribution in [1.29, 1.82) is 0 Å². The van der Waals surface area contributed by atoms with Crippen LogP contribution in [0.4, 0.5) is 11.4 Å². The Bertz CT molecular complexity index is 578. The first-order valence-electron chi connectivity index (χ1n) is 5.84. The summed E-state index contributed by atoms with van der Waals surface area (Å²) >= 11 is 5.84. The number of anilines is 1. The second kappa shape index (κ2) is 7.41. The zero-order valence-corrected chi connectivity index (χ0v) is 11.9. The third kappa shape index (κ3) is 4.58. The lowest BCUT2D eigenvalue weighted by molar-refractivity contribution is -0.384. The van der Waals surface area contributed by atoms with Gasteiger partial charge in [0.25, 0.3) is 11.6 Å². The van der Waals surface area contributed by atoms with Crippen molar-refractivity contribution in [2.45, 2.75) is 6.92 Å². The molecule has 21 heavy (non-hydrogen) atoms. The summed E-state index contributed by atoms with van der Waals surface area (Å²) in [7, 11) is 0. The first-order valence-corrected chi connectivity index (χ1v) is 6.21. The van der Waals surface area contributed by atoms with Gasteiger partial charge in [0, 0.05) is 31.6 Å². The largest absolute Gasteiger partial charge is 0.355 e. The minimum atomic E-state index is -0.699. The van der Waals surface area contributed by atoms with E-state index in [1.54, 1.807) is 0 Å². The number of rotatable bonds is 6. The second-order valence-electron chi connectivity index (χ2n) is 3.99. The third-order valence-electron chi connectivity index (χ3n) is 2.46. The summed E-state index contributed by atoms with van der Waals surface area (Å²) in [6.07, 6.45) is 0. The van der Waals surface area contributed by atoms with Crippen LogP contribution in [0.25, 0.3) is 0 Å². The van der Waals surface area contributed by atoms with Crippen LogP contribution < -0.4 is 21.9 Å². The molecule has 9 nitrogen and oxygen atoms in total. The average Bonchev–Trinajstić information content (AvgIpc) is 2.42. The van der Waals surface area contributed by atoms with Crippen LogP contribution in [0.1, 0.15) is 17.3 Å². The predicted octanol–water partition coefficient (Wildman–Crippen LogP) is 0.400. The van der Waals surface area contributed by atoms with E-state index in [2.05, 4.69) is 16.1 Å². The van der Waals surface area contributed by atoms with Crippen molar-refractivity contribution in [3.8, 4) is 0 Å². The minimum Gasteiger partial charge on any atom is -0.355 e. The number of carbonyl (C=O) groups excluding carboxylic acids is 2. The van der Waals surface area contributed by atoms with Gasteiger partial charge in [-0.3, -0.25) is 25.5 Å². The van der Waals surface area contributed by atoms with Crippen LogP contribution in [-0.2, 0) is 4.79 Å². The molecule has 1 rings (SSSR count). The van der Waals surface area contributed by atoms with Crippen LogP contribution in [0.2, 0.25) is 5.02 Å². The van der Waals surface area contributed by atoms with Crippen molar-refractivity contribution in [2.75, 3.05) is 18.5 Å². The molecule has 0 aromatic heterocycles. The maximum Gasteiger partial charge on any atom is 0.295 e. The molecule has 1 aromatic rings. The van der Waals surface area contributed by atoms with Gasteiger partial charge < -0.3 is 16.1 Å². The summed E-state index contributed by atoms with van der Waals surface area (Å²) in [6, 6.07) is 2.33. The number of carbonyl (C=O) groups is 2. The quantitative estimate of drug-likeness (QED) is 0.259. The molecule has 0 fully saturated rings. The fraction of sp³-hybridized carbons (Fsp3) is 0.273. The number of hydrazine groups is 1. The van der Waals surface area contributed by atoms with Crippen LogP contribution in [0.5, 0.6) is 0 Å². The molecule has 0 aliphatic heterocycles. The Morgan fingerprint density at radius 1 is 1.33 bits per heavy atom. The molecule has 0 unspecified atom stereocenters. The fourth-order valence-corrected chi connectivity index (χ4v) is 1.80. The van der Waals surface area contributed by atoms with Crippen molar-refractivity contribution in [3.63, 3.8) is 0 Å². The highest BCUT2D eigenvalue weighted by molar-refractivity contribution is 6.34. The Balaban J connectivity index is 2.85. The number of nitro groups is 1. The van der Waals surface area contributed by atoms with Gasteiger partial charge in [0.15, 0.2) is 0 Å². The maximum absolute atomic E-state index is 11.9. The standard InChI is InChI=1S/C11H14ClN5O4/c1-6(18)14-2-3-15-11(19)7-4-8(12)10(16-13)9(5-7)17(20)21/h4-5,16H,2-3,13H2,1H3,(H,14,18)(H,15,19). The molecule has 2 amide bonds. The molecule has 0 heterocycles. The normalized spacial score (nSPS) is 9.86. The number of nitrogen functional groups attached to an aromatic ring is 1. The van der Waals surface area contributed by atoms with Gasteiger partial charge in [-0.15, -0.1) is 0 Å². The van der Waals surface area contributed by atoms with E-state index in [0.717, 1.165) is 6.07 Å². The summed E-state index contributed by atoms with van der Waals surface area (Å²) < 4.78 is 0. The fourth-order valence-electron chi connectivity index (χ4n) is 1.53. The van der Waals surface area contributed by atoms with Gasteiger partial charge in [-0.05, 0) is 6.07 Å². The number of amides is 2. The Morgan fingerprint density at radius 3 is 2.48 bits per heavy atom. The third-order valence-corrected chi connectivity index (χ3v) is 2.76. The highest BCUT2D eigenvalue weighted by atomic mass is 35.5. The zero-order valence-electron chi connectivity index (χ0n) is 11.1. The number of hydrogen-bond acceptors (Lipinski definition) is 6. The van der Waals surface area contributed by atoms with Gasteiger partial charge in [-0.25, -0.2) is 0 Å². The summed E-state index contributed by atoms with van der Waals surface area (Å²) in [5, 5.41) is 15.9. The van der Waals surface area contributed by atoms with Gasteiger partial charge in [-0.1, -0.05) is 11.6 Å². The van der Waals surface area contributed by atoms with Crippen LogP contribution in [0.3, 0.4) is 0 Å². The van der Waals surface area contributed by atoms with Crippen LogP contribution in [0, 0.1) is 10.1 Å². The number of halogens is 1. The van der Waals surface area contributed by atoms with Gasteiger partial charge in [0.2, 0.25) is 5.91 Å². The first kappa shape index (κ1) is 16.7. The van der Waals surface area contributed by atoms with Gasteiger partial charge >= 0.3 is 0 Å². The molecule has 0 aliphatic carbocycles. The highest BCUT2D eigenvalue weighted by Crippen LogP contribution is 2.32. The Hall–Kier alpha value is -2.39. The van der Waals surface area contributed by atoms with Crippen molar-refractivity contribution in [2.24, 2.45) is 5.84 Å². The smallest absolute Gasteiger partial charge is 0.295 e. The molecule has 0 spiro atoms. The zero-order chi connectivity index (χ0) is 16.0. The lowest BCUT2D eigenvalue weighted by Gasteiger charge is -2.09. The monoisotopic (exact) mass is 315 g/mol. The lowest BCUT2D eigenvalue weighted by atomic mass is 10.1. The topological polar surface area (TPSA) is 139 Å². The molecule has 0 radical (unpaired) electrons. The second-order valence-corrected chi connectivity index (χ2v) is 4.40. The van der Waals surface area contributed by atoms with E-state index in [9.17, 15) is 19.7 Å². The Morgan fingerprint density at radius 2 is 1.95 bits per heavy atom.